The van der Waals surface area contributed by atoms with Gasteiger partial charge in [0, 0.05) is 0 Å². The van der Waals surface area contributed by atoms with E-state index in [-0.39, 0.29) is 0 Å². The minimum Gasteiger partial charge on any atom is -0.840 e. The molecule has 1 aliphatic rings. The topological polar surface area (TPSA) is 23.1 Å². The Hall–Kier alpha value is 0.570. The van der Waals surface area contributed by atoms with Crippen molar-refractivity contribution in [3.05, 3.63) is 11.1 Å². The molecule has 0 saturated heterocycles. The lowest BCUT2D eigenvalue weighted by Crippen LogP contribution is -2.46. The molecule has 82 valence electrons. The molecular weight excluding hydrogens is 242 g/mol. The van der Waals surface area contributed by atoms with Gasteiger partial charge in [0.2, 0.25) is 0 Å². The molecule has 0 atom stereocenters. The first-order valence-corrected chi connectivity index (χ1v) is 6.03. The van der Waals surface area contributed by atoms with Crippen LogP contribution in [0.25, 0.3) is 0 Å². The Kier molecular flexibility index (Phi) is 3.80. The number of rotatable bonds is 4. The van der Waals surface area contributed by atoms with Crippen molar-refractivity contribution in [3.63, 3.8) is 0 Å². The predicted octanol–water partition coefficient (Wildman–Crippen LogP) is 3.37. The summed E-state index contributed by atoms with van der Waals surface area (Å²) in [7, 11) is 0. The molecule has 4 heteroatoms. The molecule has 0 aromatic heterocycles. The molecule has 0 heterocycles. The molecule has 0 unspecified atom stereocenters. The fraction of sp³-hybridized carbons (Fsp3) is 0.800. The molecular formula is C10H14Cl3O-. The number of hydrogen-bond acceptors (Lipinski definition) is 1. The van der Waals surface area contributed by atoms with Crippen molar-refractivity contribution in [3.8, 4) is 0 Å². The largest absolute Gasteiger partial charge is 0.840 e. The van der Waals surface area contributed by atoms with Crippen LogP contribution < -0.4 is 5.11 Å². The summed E-state index contributed by atoms with van der Waals surface area (Å²) in [5.41, 5.74) is 0.146. The van der Waals surface area contributed by atoms with Crippen LogP contribution in [0.2, 0.25) is 0 Å². The van der Waals surface area contributed by atoms with Crippen LogP contribution in [0.1, 0.15) is 39.5 Å². The molecule has 0 saturated carbocycles. The zero-order valence-corrected chi connectivity index (χ0v) is 10.6. The highest BCUT2D eigenvalue weighted by Gasteiger charge is 2.53. The first kappa shape index (κ1) is 12.6. The van der Waals surface area contributed by atoms with Crippen LogP contribution in [0.3, 0.4) is 0 Å². The lowest BCUT2D eigenvalue weighted by atomic mass is 10.1. The Balaban J connectivity index is 2.77. The fourth-order valence-electron chi connectivity index (χ4n) is 1.86. The van der Waals surface area contributed by atoms with E-state index < -0.39 is 9.39 Å². The van der Waals surface area contributed by atoms with Crippen molar-refractivity contribution in [2.24, 2.45) is 0 Å². The van der Waals surface area contributed by atoms with E-state index in [0.29, 0.717) is 0 Å². The smallest absolute Gasteiger partial charge is 0.188 e. The summed E-state index contributed by atoms with van der Waals surface area (Å²) >= 11 is 17.1. The summed E-state index contributed by atoms with van der Waals surface area (Å²) in [6.45, 7) is 4.04. The summed E-state index contributed by atoms with van der Waals surface area (Å²) in [5.74, 6) is 0. The number of halogens is 3. The van der Waals surface area contributed by atoms with E-state index in [1.54, 1.807) is 0 Å². The Morgan fingerprint density at radius 1 is 1.07 bits per heavy atom. The van der Waals surface area contributed by atoms with Crippen LogP contribution in [0.5, 0.6) is 0 Å². The molecule has 1 aliphatic carbocycles. The molecule has 0 bridgehead atoms. The monoisotopic (exact) mass is 255 g/mol. The highest BCUT2D eigenvalue weighted by molar-refractivity contribution is 6.69. The van der Waals surface area contributed by atoms with Crippen LogP contribution in [0, 0.1) is 0 Å². The van der Waals surface area contributed by atoms with Gasteiger partial charge in [0.05, 0.1) is 0 Å². The summed E-state index contributed by atoms with van der Waals surface area (Å²) in [6.07, 6.45) is 3.36. The third kappa shape index (κ3) is 1.92. The SMILES string of the molecule is CCCC1=C(CCC)C1([O-])C(Cl)(Cl)Cl. The van der Waals surface area contributed by atoms with Crippen molar-refractivity contribution < 1.29 is 5.11 Å². The van der Waals surface area contributed by atoms with Crippen LogP contribution in [-0.4, -0.2) is 9.39 Å². The van der Waals surface area contributed by atoms with Crippen molar-refractivity contribution in [2.75, 3.05) is 0 Å². The van der Waals surface area contributed by atoms with Gasteiger partial charge in [-0.2, -0.15) is 0 Å². The predicted molar refractivity (Wildman–Crippen MR) is 59.9 cm³/mol. The van der Waals surface area contributed by atoms with E-state index in [1.807, 2.05) is 13.8 Å². The molecule has 0 aromatic rings. The Labute approximate surface area is 100 Å². The third-order valence-electron chi connectivity index (χ3n) is 2.55. The van der Waals surface area contributed by atoms with Gasteiger partial charge in [0.1, 0.15) is 0 Å². The van der Waals surface area contributed by atoms with E-state index in [0.717, 1.165) is 36.8 Å². The van der Waals surface area contributed by atoms with E-state index in [4.69, 9.17) is 34.8 Å². The van der Waals surface area contributed by atoms with Gasteiger partial charge in [0.15, 0.2) is 3.79 Å². The Morgan fingerprint density at radius 3 is 1.64 bits per heavy atom. The first-order valence-electron chi connectivity index (χ1n) is 4.89. The first-order chi connectivity index (χ1) is 6.39. The maximum Gasteiger partial charge on any atom is 0.188 e. The van der Waals surface area contributed by atoms with Gasteiger partial charge >= 0.3 is 0 Å². The van der Waals surface area contributed by atoms with Crippen molar-refractivity contribution in [1.82, 2.24) is 0 Å². The number of hydrogen-bond donors (Lipinski definition) is 0. The van der Waals surface area contributed by atoms with Crippen molar-refractivity contribution >= 4 is 34.8 Å². The zero-order valence-electron chi connectivity index (χ0n) is 8.37. The molecule has 0 spiro atoms. The molecule has 0 N–H and O–H groups in total. The van der Waals surface area contributed by atoms with E-state index in [1.165, 1.54) is 0 Å². The molecule has 0 amide bonds. The summed E-state index contributed by atoms with van der Waals surface area (Å²) in [6, 6.07) is 0. The minimum absolute atomic E-state index is 0.757. The zero-order chi connectivity index (χ0) is 11.0. The van der Waals surface area contributed by atoms with Gasteiger partial charge < -0.3 is 5.11 Å². The van der Waals surface area contributed by atoms with E-state index in [2.05, 4.69) is 0 Å². The van der Waals surface area contributed by atoms with E-state index >= 15 is 0 Å². The standard InChI is InChI=1S/C10H14Cl3O/c1-3-5-7-8(6-4-2)9(7,14)10(11,12)13/h3-6H2,1-2H3/q-1. The van der Waals surface area contributed by atoms with Crippen LogP contribution in [-0.2, 0) is 0 Å². The normalized spacial score (nSPS) is 20.1. The molecule has 0 fully saturated rings. The van der Waals surface area contributed by atoms with Crippen molar-refractivity contribution in [1.29, 1.82) is 0 Å². The molecule has 0 aromatic carbocycles. The van der Waals surface area contributed by atoms with Gasteiger partial charge in [-0.25, -0.2) is 0 Å². The van der Waals surface area contributed by atoms with Gasteiger partial charge in [-0.1, -0.05) is 72.6 Å². The highest BCUT2D eigenvalue weighted by atomic mass is 35.6. The Morgan fingerprint density at radius 2 is 1.43 bits per heavy atom. The average molecular weight is 257 g/mol. The van der Waals surface area contributed by atoms with E-state index in [9.17, 15) is 5.11 Å². The van der Waals surface area contributed by atoms with Crippen LogP contribution >= 0.6 is 34.8 Å². The third-order valence-corrected chi connectivity index (χ3v) is 3.35. The molecule has 1 rings (SSSR count). The van der Waals surface area contributed by atoms with Crippen LogP contribution in [0.15, 0.2) is 11.1 Å². The highest BCUT2D eigenvalue weighted by Crippen LogP contribution is 2.58. The van der Waals surface area contributed by atoms with Crippen molar-refractivity contribution in [2.45, 2.75) is 48.9 Å². The minimum atomic E-state index is -1.72. The molecule has 1 nitrogen and oxygen atoms in total. The molecule has 14 heavy (non-hydrogen) atoms. The van der Waals surface area contributed by atoms with Gasteiger partial charge in [-0.15, -0.1) is 0 Å². The molecule has 0 aliphatic heterocycles. The lowest BCUT2D eigenvalue weighted by Gasteiger charge is -2.34. The summed E-state index contributed by atoms with van der Waals surface area (Å²) < 4.78 is -1.72. The second kappa shape index (κ2) is 4.21. The maximum absolute atomic E-state index is 12.2. The fourth-order valence-corrected chi connectivity index (χ4v) is 2.55. The molecule has 0 radical (unpaired) electrons. The second-order valence-electron chi connectivity index (χ2n) is 3.64. The lowest BCUT2D eigenvalue weighted by molar-refractivity contribution is -0.431. The quantitative estimate of drug-likeness (QED) is 0.559. The second-order valence-corrected chi connectivity index (χ2v) is 5.92. The Bertz CT molecular complexity index is 237. The maximum atomic E-state index is 12.2. The summed E-state index contributed by atoms with van der Waals surface area (Å²) in [5, 5.41) is 12.2. The van der Waals surface area contributed by atoms with Gasteiger partial charge in [-0.3, -0.25) is 0 Å². The van der Waals surface area contributed by atoms with Gasteiger partial charge in [-0.05, 0) is 18.4 Å². The number of alkyl halides is 3. The van der Waals surface area contributed by atoms with Crippen LogP contribution in [0.4, 0.5) is 0 Å². The average Bonchev–Trinajstić information content (AvgIpc) is 2.60. The summed E-state index contributed by atoms with van der Waals surface area (Å²) in [4.78, 5) is 0. The van der Waals surface area contributed by atoms with Gasteiger partial charge in [0.25, 0.3) is 0 Å².